The molecule has 3 aliphatic heterocycles. The molecular weight excluding hydrogens is 863 g/mol. The average molecular weight is 920 g/mol. The van der Waals surface area contributed by atoms with Crippen LogP contribution in [0.1, 0.15) is 142 Å². The quantitative estimate of drug-likeness (QED) is 0.173. The number of allylic oxidation sites excluding steroid dienone is 2. The van der Waals surface area contributed by atoms with Crippen LogP contribution in [-0.2, 0) is 15.6 Å². The van der Waals surface area contributed by atoms with Gasteiger partial charge in [-0.05, 0) is 165 Å². The molecule has 18 rings (SSSR count). The van der Waals surface area contributed by atoms with Crippen molar-refractivity contribution in [3.05, 3.63) is 172 Å². The van der Waals surface area contributed by atoms with Crippen LogP contribution in [0.15, 0.2) is 126 Å². The first kappa shape index (κ1) is 40.1. The number of fused-ring (bicyclic) bond motifs is 21. The van der Waals surface area contributed by atoms with Gasteiger partial charge in [-0.15, -0.1) is 0 Å². The topological polar surface area (TPSA) is 49.8 Å². The summed E-state index contributed by atoms with van der Waals surface area (Å²) >= 11 is 0. The molecule has 10 aliphatic rings. The van der Waals surface area contributed by atoms with Crippen molar-refractivity contribution in [1.29, 1.82) is 5.26 Å². The van der Waals surface area contributed by atoms with E-state index < -0.39 is 11.2 Å². The van der Waals surface area contributed by atoms with Gasteiger partial charge in [0.25, 0.3) is 0 Å². The van der Waals surface area contributed by atoms with Crippen LogP contribution in [0.5, 0.6) is 0 Å². The molecule has 7 aliphatic carbocycles. The van der Waals surface area contributed by atoms with E-state index in [0.717, 1.165) is 17.4 Å². The standard InChI is InChI=1S/C67H57N3O/c1-64(2)47-21-9-7-15-39(47)41-17-13-19-43(59(41)64)45-31-46(44-20-14-18-42-40-16-8-10-22-48(40)65(3,4)60(42)44)56-58-52(33-69-63-61(58)66(5)49-23-11-12-24-50(49)67(63,6)71-66)70-51-30-38(32-68)53-36-26-34-25-35(27-36)29-37(28-34)54(53)57(51)55(45)62(56)70/h7-24,30-31,33-37,49-50,61,63H,25-29H2,1-6H3. The van der Waals surface area contributed by atoms with Crippen molar-refractivity contribution in [3.8, 4) is 50.6 Å². The zero-order valence-electron chi connectivity index (χ0n) is 41.5. The van der Waals surface area contributed by atoms with E-state index in [0.29, 0.717) is 11.8 Å². The zero-order valence-corrected chi connectivity index (χ0v) is 41.5. The molecule has 6 bridgehead atoms. The fourth-order valence-electron chi connectivity index (χ4n) is 18.8. The molecule has 2 aromatic heterocycles. The molecule has 4 heteroatoms. The monoisotopic (exact) mass is 919 g/mol. The van der Waals surface area contributed by atoms with Crippen molar-refractivity contribution in [2.24, 2.45) is 28.7 Å². The van der Waals surface area contributed by atoms with E-state index in [9.17, 15) is 5.26 Å². The van der Waals surface area contributed by atoms with Crippen molar-refractivity contribution in [1.82, 2.24) is 4.40 Å². The molecule has 71 heavy (non-hydrogen) atoms. The molecule has 0 spiro atoms. The van der Waals surface area contributed by atoms with Crippen LogP contribution in [-0.4, -0.2) is 27.9 Å². The molecule has 346 valence electrons. The van der Waals surface area contributed by atoms with Gasteiger partial charge in [-0.3, -0.25) is 4.99 Å². The third kappa shape index (κ3) is 4.47. The first-order valence-corrected chi connectivity index (χ1v) is 26.8. The maximum absolute atomic E-state index is 11.5. The molecular formula is C67H57N3O. The second-order valence-electron chi connectivity index (χ2n) is 25.1. The first-order valence-electron chi connectivity index (χ1n) is 26.8. The number of benzene rings is 6. The Labute approximate surface area is 416 Å². The molecule has 0 N–H and O–H groups in total. The van der Waals surface area contributed by atoms with Gasteiger partial charge in [0.05, 0.1) is 45.6 Å². The summed E-state index contributed by atoms with van der Waals surface area (Å²) in [7, 11) is 0. The maximum atomic E-state index is 11.5. The van der Waals surface area contributed by atoms with Crippen molar-refractivity contribution >= 4 is 33.4 Å². The molecule has 2 saturated heterocycles. The van der Waals surface area contributed by atoms with Crippen molar-refractivity contribution in [3.63, 3.8) is 0 Å². The molecule has 0 radical (unpaired) electrons. The van der Waals surface area contributed by atoms with Gasteiger partial charge < -0.3 is 9.14 Å². The Balaban J connectivity index is 1.09. The lowest BCUT2D eigenvalue weighted by Gasteiger charge is -2.45. The molecule has 5 heterocycles. The largest absolute Gasteiger partial charge is 0.365 e. The van der Waals surface area contributed by atoms with Crippen LogP contribution < -0.4 is 0 Å². The number of rotatable bonds is 2. The molecule has 4 fully saturated rings. The molecule has 8 aromatic rings. The predicted octanol–water partition coefficient (Wildman–Crippen LogP) is 15.7. The van der Waals surface area contributed by atoms with Crippen LogP contribution in [0.2, 0.25) is 0 Å². The highest BCUT2D eigenvalue weighted by Crippen LogP contribution is 2.69. The lowest BCUT2D eigenvalue weighted by molar-refractivity contribution is -0.0437. The van der Waals surface area contributed by atoms with E-state index in [4.69, 9.17) is 9.73 Å². The molecule has 6 aromatic carbocycles. The van der Waals surface area contributed by atoms with Crippen molar-refractivity contribution in [2.75, 3.05) is 0 Å². The molecule has 4 nitrogen and oxygen atoms in total. The van der Waals surface area contributed by atoms with Gasteiger partial charge in [0.2, 0.25) is 0 Å². The number of nitrogens with zero attached hydrogens (tertiary/aromatic N) is 3. The summed E-state index contributed by atoms with van der Waals surface area (Å²) in [6.07, 6.45) is 17.8. The van der Waals surface area contributed by atoms with Crippen molar-refractivity contribution < 1.29 is 4.74 Å². The normalized spacial score (nSPS) is 31.6. The Hall–Kier alpha value is -6.54. The number of hydrogen-bond donors (Lipinski definition) is 0. The minimum Gasteiger partial charge on any atom is -0.365 e. The Morgan fingerprint density at radius 3 is 1.70 bits per heavy atom. The Morgan fingerprint density at radius 1 is 0.563 bits per heavy atom. The second kappa shape index (κ2) is 12.7. The summed E-state index contributed by atoms with van der Waals surface area (Å²) < 4.78 is 10.2. The molecule has 8 atom stereocenters. The first-order chi connectivity index (χ1) is 34.4. The zero-order chi connectivity index (χ0) is 47.4. The van der Waals surface area contributed by atoms with E-state index in [-0.39, 0.29) is 34.6 Å². The van der Waals surface area contributed by atoms with Crippen molar-refractivity contribution in [2.45, 2.75) is 119 Å². The summed E-state index contributed by atoms with van der Waals surface area (Å²) in [5.41, 5.74) is 23.7. The third-order valence-electron chi connectivity index (χ3n) is 21.1. The van der Waals surface area contributed by atoms with Crippen LogP contribution in [0.3, 0.4) is 0 Å². The highest BCUT2D eigenvalue weighted by molar-refractivity contribution is 6.27. The van der Waals surface area contributed by atoms with Gasteiger partial charge in [0.1, 0.15) is 0 Å². The van der Waals surface area contributed by atoms with Crippen LogP contribution in [0.4, 0.5) is 0 Å². The number of ether oxygens (including phenoxy) is 1. The lowest BCUT2D eigenvalue weighted by Crippen LogP contribution is -2.51. The number of hydrogen-bond acceptors (Lipinski definition) is 3. The lowest BCUT2D eigenvalue weighted by atomic mass is 9.57. The smallest absolute Gasteiger partial charge is 0.0995 e. The number of aliphatic imine (C=N–C) groups is 1. The van der Waals surface area contributed by atoms with E-state index in [1.165, 1.54) is 148 Å². The van der Waals surface area contributed by atoms with Gasteiger partial charge in [0.15, 0.2) is 0 Å². The number of nitriles is 1. The minimum atomic E-state index is -0.483. The van der Waals surface area contributed by atoms with Gasteiger partial charge in [-0.2, -0.15) is 5.26 Å². The summed E-state index contributed by atoms with van der Waals surface area (Å²) in [5, 5.41) is 15.6. The van der Waals surface area contributed by atoms with E-state index in [2.05, 4.69) is 180 Å². The van der Waals surface area contributed by atoms with Gasteiger partial charge in [0, 0.05) is 51.0 Å². The van der Waals surface area contributed by atoms with Gasteiger partial charge in [-0.25, -0.2) is 0 Å². The Bertz CT molecular complexity index is 3950. The fourth-order valence-corrected chi connectivity index (χ4v) is 18.8. The van der Waals surface area contributed by atoms with Gasteiger partial charge in [-0.1, -0.05) is 137 Å². The Morgan fingerprint density at radius 2 is 1.10 bits per heavy atom. The van der Waals surface area contributed by atoms with E-state index >= 15 is 0 Å². The SMILES string of the molecule is CC1(C)c2ccccc2-c2cccc(-c3cc(-c4cccc5c4C(C)(C)c4ccccc4-5)c4c5c6c(c(C#N)cc5n5c7c(c3c45)C3C(N=C7)C4(C)OC3(C)C3C=CC=CC34)C3CC4CC(C3)CC6C4)c21. The molecule has 8 unspecified atom stereocenters. The third-order valence-corrected chi connectivity index (χ3v) is 21.1. The van der Waals surface area contributed by atoms with Crippen LogP contribution >= 0.6 is 0 Å². The highest BCUT2D eigenvalue weighted by Gasteiger charge is 2.73. The second-order valence-corrected chi connectivity index (χ2v) is 25.1. The maximum Gasteiger partial charge on any atom is 0.0995 e. The van der Waals surface area contributed by atoms with E-state index in [1.807, 2.05) is 0 Å². The summed E-state index contributed by atoms with van der Waals surface area (Å²) in [5.74, 6) is 2.82. The van der Waals surface area contributed by atoms with Crippen LogP contribution in [0.25, 0.3) is 71.7 Å². The average Bonchev–Trinajstić information content (AvgIpc) is 4.15. The summed E-state index contributed by atoms with van der Waals surface area (Å²) in [4.78, 5) is 5.72. The van der Waals surface area contributed by atoms with Crippen LogP contribution in [0, 0.1) is 35.0 Å². The summed E-state index contributed by atoms with van der Waals surface area (Å²) in [6.45, 7) is 14.6. The minimum absolute atomic E-state index is 0.0200. The molecule has 0 amide bonds. The van der Waals surface area contributed by atoms with Gasteiger partial charge >= 0.3 is 0 Å². The molecule has 2 saturated carbocycles. The number of aromatic nitrogens is 1. The predicted molar refractivity (Wildman–Crippen MR) is 287 cm³/mol. The summed E-state index contributed by atoms with van der Waals surface area (Å²) in [6, 6.07) is 40.5. The Kier molecular flexibility index (Phi) is 7.19. The highest BCUT2D eigenvalue weighted by atomic mass is 16.5. The van der Waals surface area contributed by atoms with E-state index in [1.54, 1.807) is 0 Å². The fraction of sp³-hybridized carbons (Fsp3) is 0.343.